The number of rotatable bonds is 5. The molecular weight excluding hydrogens is 334 g/mol. The molecule has 1 aliphatic carbocycles. The van der Waals surface area contributed by atoms with Crippen LogP contribution in [0.25, 0.3) is 11.5 Å². The van der Waals surface area contributed by atoms with E-state index >= 15 is 0 Å². The Kier molecular flexibility index (Phi) is 3.51. The van der Waals surface area contributed by atoms with Crippen molar-refractivity contribution >= 4 is 5.91 Å². The van der Waals surface area contributed by atoms with Gasteiger partial charge in [-0.2, -0.15) is 4.98 Å². The van der Waals surface area contributed by atoms with Gasteiger partial charge in [-0.1, -0.05) is 17.3 Å². The van der Waals surface area contributed by atoms with E-state index in [1.165, 1.54) is 6.26 Å². The second kappa shape index (κ2) is 6.01. The number of hydrogen-bond donors (Lipinski definition) is 0. The van der Waals surface area contributed by atoms with Crippen LogP contribution in [-0.2, 0) is 0 Å². The molecule has 0 unspecified atom stereocenters. The molecular formula is C19H17N3O4. The molecule has 3 heterocycles. The minimum Gasteiger partial charge on any atom is -0.486 e. The fourth-order valence-electron chi connectivity index (χ4n) is 3.01. The van der Waals surface area contributed by atoms with E-state index in [9.17, 15) is 4.79 Å². The van der Waals surface area contributed by atoms with Crippen molar-refractivity contribution in [3.05, 3.63) is 54.2 Å². The molecule has 0 N–H and O–H groups in total. The lowest BCUT2D eigenvalue weighted by Crippen LogP contribution is -2.56. The number of carbonyl (C=O) groups is 1. The van der Waals surface area contributed by atoms with E-state index in [1.54, 1.807) is 17.0 Å². The highest BCUT2D eigenvalue weighted by Crippen LogP contribution is 2.39. The summed E-state index contributed by atoms with van der Waals surface area (Å²) < 4.78 is 16.6. The van der Waals surface area contributed by atoms with Crippen molar-refractivity contribution in [3.8, 4) is 17.2 Å². The average Bonchev–Trinajstić information content (AvgIpc) is 3.12. The number of para-hydroxylation sites is 1. The fourth-order valence-corrected chi connectivity index (χ4v) is 3.01. The first kappa shape index (κ1) is 15.2. The highest BCUT2D eigenvalue weighted by Gasteiger charge is 2.35. The second-order valence-electron chi connectivity index (χ2n) is 6.66. The molecule has 2 aromatic heterocycles. The Hall–Kier alpha value is -3.09. The Bertz CT molecular complexity index is 924. The van der Waals surface area contributed by atoms with E-state index in [2.05, 4.69) is 10.1 Å². The molecule has 0 radical (unpaired) electrons. The molecule has 1 saturated heterocycles. The van der Waals surface area contributed by atoms with Gasteiger partial charge in [0.25, 0.3) is 11.8 Å². The topological polar surface area (TPSA) is 81.6 Å². The summed E-state index contributed by atoms with van der Waals surface area (Å²) in [6.07, 6.45) is 3.68. The van der Waals surface area contributed by atoms with Crippen LogP contribution < -0.4 is 4.74 Å². The normalized spacial score (nSPS) is 17.2. The summed E-state index contributed by atoms with van der Waals surface area (Å²) in [6.45, 7) is 1.04. The fraction of sp³-hybridized carbons (Fsp3) is 0.316. The van der Waals surface area contributed by atoms with Gasteiger partial charge in [0.05, 0.1) is 24.9 Å². The van der Waals surface area contributed by atoms with Crippen LogP contribution in [0, 0.1) is 0 Å². The lowest BCUT2D eigenvalue weighted by molar-refractivity contribution is 0.0157. The first-order chi connectivity index (χ1) is 12.8. The number of amides is 1. The molecule has 0 atom stereocenters. The Morgan fingerprint density at radius 1 is 1.15 bits per heavy atom. The van der Waals surface area contributed by atoms with Gasteiger partial charge < -0.3 is 18.6 Å². The molecule has 1 aromatic carbocycles. The van der Waals surface area contributed by atoms with Gasteiger partial charge in [0, 0.05) is 5.92 Å². The summed E-state index contributed by atoms with van der Waals surface area (Å²) in [7, 11) is 0. The van der Waals surface area contributed by atoms with Crippen LogP contribution in [0.2, 0.25) is 0 Å². The third kappa shape index (κ3) is 2.75. The summed E-state index contributed by atoms with van der Waals surface area (Å²) in [4.78, 5) is 18.4. The molecule has 2 fully saturated rings. The zero-order chi connectivity index (χ0) is 17.5. The van der Waals surface area contributed by atoms with Crippen molar-refractivity contribution in [1.29, 1.82) is 0 Å². The maximum Gasteiger partial charge on any atom is 0.289 e. The molecule has 132 valence electrons. The minimum atomic E-state index is -0.117. The van der Waals surface area contributed by atoms with Gasteiger partial charge in [0.15, 0.2) is 11.6 Å². The van der Waals surface area contributed by atoms with E-state index in [0.717, 1.165) is 24.2 Å². The van der Waals surface area contributed by atoms with Crippen LogP contribution in [0.4, 0.5) is 0 Å². The number of furan rings is 1. The zero-order valence-electron chi connectivity index (χ0n) is 14.0. The van der Waals surface area contributed by atoms with E-state index in [-0.39, 0.29) is 12.0 Å². The first-order valence-corrected chi connectivity index (χ1v) is 8.70. The summed E-state index contributed by atoms with van der Waals surface area (Å²) in [5.74, 6) is 2.61. The van der Waals surface area contributed by atoms with Crippen LogP contribution >= 0.6 is 0 Å². The molecule has 7 heteroatoms. The lowest BCUT2D eigenvalue weighted by Gasteiger charge is -2.38. The molecule has 2 aliphatic rings. The summed E-state index contributed by atoms with van der Waals surface area (Å²) in [5.41, 5.74) is 0.780. The molecule has 0 spiro atoms. The maximum atomic E-state index is 12.2. The van der Waals surface area contributed by atoms with E-state index < -0.39 is 0 Å². The van der Waals surface area contributed by atoms with Crippen LogP contribution in [0.15, 0.2) is 51.6 Å². The molecule has 26 heavy (non-hydrogen) atoms. The Morgan fingerprint density at radius 2 is 2.00 bits per heavy atom. The SMILES string of the molecule is O=C(c1ccco1)N1CC(Oc2ccccc2-c2nc(C3CC3)no2)C1. The van der Waals surface area contributed by atoms with Crippen molar-refractivity contribution in [2.45, 2.75) is 24.9 Å². The first-order valence-electron chi connectivity index (χ1n) is 8.70. The molecule has 3 aromatic rings. The van der Waals surface area contributed by atoms with Gasteiger partial charge in [-0.15, -0.1) is 0 Å². The standard InChI is InChI=1S/C19H17N3O4/c23-19(16-6-3-9-24-16)22-10-13(11-22)25-15-5-2-1-4-14(15)18-20-17(21-26-18)12-7-8-12/h1-6,9,12-13H,7-8,10-11H2. The van der Waals surface area contributed by atoms with E-state index in [0.29, 0.717) is 36.4 Å². The van der Waals surface area contributed by atoms with Gasteiger partial charge in [0.2, 0.25) is 0 Å². The van der Waals surface area contributed by atoms with Crippen LogP contribution in [0.3, 0.4) is 0 Å². The largest absolute Gasteiger partial charge is 0.486 e. The van der Waals surface area contributed by atoms with Crippen molar-refractivity contribution < 1.29 is 18.5 Å². The van der Waals surface area contributed by atoms with E-state index in [1.807, 2.05) is 24.3 Å². The molecule has 5 rings (SSSR count). The monoisotopic (exact) mass is 351 g/mol. The minimum absolute atomic E-state index is 0.0686. The van der Waals surface area contributed by atoms with E-state index in [4.69, 9.17) is 13.7 Å². The number of benzene rings is 1. The molecule has 1 aliphatic heterocycles. The van der Waals surface area contributed by atoms with Crippen molar-refractivity contribution in [2.75, 3.05) is 13.1 Å². The number of carbonyl (C=O) groups excluding carboxylic acids is 1. The Balaban J connectivity index is 1.27. The second-order valence-corrected chi connectivity index (χ2v) is 6.66. The predicted molar refractivity (Wildman–Crippen MR) is 90.7 cm³/mol. The summed E-state index contributed by atoms with van der Waals surface area (Å²) >= 11 is 0. The summed E-state index contributed by atoms with van der Waals surface area (Å²) in [5, 5.41) is 4.07. The van der Waals surface area contributed by atoms with Crippen molar-refractivity contribution in [1.82, 2.24) is 15.0 Å². The average molecular weight is 351 g/mol. The van der Waals surface area contributed by atoms with Crippen molar-refractivity contribution in [3.63, 3.8) is 0 Å². The number of aromatic nitrogens is 2. The Morgan fingerprint density at radius 3 is 2.77 bits per heavy atom. The van der Waals surface area contributed by atoms with Gasteiger partial charge >= 0.3 is 0 Å². The number of nitrogens with zero attached hydrogens (tertiary/aromatic N) is 3. The van der Waals surface area contributed by atoms with Gasteiger partial charge in [-0.3, -0.25) is 4.79 Å². The highest BCUT2D eigenvalue weighted by atomic mass is 16.5. The van der Waals surface area contributed by atoms with Crippen molar-refractivity contribution in [2.24, 2.45) is 0 Å². The molecule has 7 nitrogen and oxygen atoms in total. The highest BCUT2D eigenvalue weighted by molar-refractivity contribution is 5.92. The van der Waals surface area contributed by atoms with Crippen LogP contribution in [0.5, 0.6) is 5.75 Å². The quantitative estimate of drug-likeness (QED) is 0.702. The zero-order valence-corrected chi connectivity index (χ0v) is 14.0. The van der Waals surface area contributed by atoms with Gasteiger partial charge in [0.1, 0.15) is 11.9 Å². The molecule has 0 bridgehead atoms. The Labute approximate surface area is 149 Å². The molecule has 1 saturated carbocycles. The van der Waals surface area contributed by atoms with Crippen LogP contribution in [-0.4, -0.2) is 40.1 Å². The van der Waals surface area contributed by atoms with Crippen LogP contribution in [0.1, 0.15) is 35.1 Å². The number of hydrogen-bond acceptors (Lipinski definition) is 6. The number of likely N-dealkylation sites (tertiary alicyclic amines) is 1. The maximum absolute atomic E-state index is 12.2. The predicted octanol–water partition coefficient (Wildman–Crippen LogP) is 3.11. The smallest absolute Gasteiger partial charge is 0.289 e. The number of ether oxygens (including phenoxy) is 1. The van der Waals surface area contributed by atoms with Gasteiger partial charge in [-0.25, -0.2) is 0 Å². The third-order valence-electron chi connectivity index (χ3n) is 4.66. The third-order valence-corrected chi connectivity index (χ3v) is 4.66. The van der Waals surface area contributed by atoms with Gasteiger partial charge in [-0.05, 0) is 37.1 Å². The summed E-state index contributed by atoms with van der Waals surface area (Å²) in [6, 6.07) is 11.0. The lowest BCUT2D eigenvalue weighted by atomic mass is 10.1. The molecule has 1 amide bonds.